The van der Waals surface area contributed by atoms with Crippen molar-refractivity contribution in [1.29, 1.82) is 0 Å². The molecule has 5 heteroatoms. The minimum absolute atomic E-state index is 0.443. The smallest absolute Gasteiger partial charge is 0.191 e. The van der Waals surface area contributed by atoms with Gasteiger partial charge in [0, 0.05) is 12.3 Å². The molecule has 2 N–H and O–H groups in total. The molecule has 2 rings (SSSR count). The van der Waals surface area contributed by atoms with Gasteiger partial charge in [-0.15, -0.1) is 10.2 Å². The molecule has 2 aromatic rings. The highest BCUT2D eigenvalue weighted by atomic mass is 32.2. The van der Waals surface area contributed by atoms with Crippen molar-refractivity contribution in [2.24, 2.45) is 5.73 Å². The van der Waals surface area contributed by atoms with Crippen LogP contribution in [-0.2, 0) is 18.8 Å². The van der Waals surface area contributed by atoms with E-state index >= 15 is 0 Å². The van der Waals surface area contributed by atoms with E-state index in [4.69, 9.17) is 5.73 Å². The Balaban J connectivity index is 2.07. The van der Waals surface area contributed by atoms with Crippen molar-refractivity contribution in [3.63, 3.8) is 0 Å². The third-order valence-corrected chi connectivity index (χ3v) is 3.67. The van der Waals surface area contributed by atoms with Gasteiger partial charge in [-0.25, -0.2) is 0 Å². The topological polar surface area (TPSA) is 56.7 Å². The fourth-order valence-corrected chi connectivity index (χ4v) is 2.69. The van der Waals surface area contributed by atoms with Crippen LogP contribution in [0.15, 0.2) is 35.5 Å². The molecule has 18 heavy (non-hydrogen) atoms. The Labute approximate surface area is 112 Å². The molecule has 0 bridgehead atoms. The first kappa shape index (κ1) is 13.1. The fourth-order valence-electron chi connectivity index (χ4n) is 1.75. The lowest BCUT2D eigenvalue weighted by atomic mass is 10.2. The summed E-state index contributed by atoms with van der Waals surface area (Å²) in [5.74, 6) is 1.78. The molecule has 0 amide bonds. The van der Waals surface area contributed by atoms with Gasteiger partial charge in [-0.05, 0) is 12.0 Å². The summed E-state index contributed by atoms with van der Waals surface area (Å²) < 4.78 is 2.12. The summed E-state index contributed by atoms with van der Waals surface area (Å²) in [5.41, 5.74) is 6.96. The lowest BCUT2D eigenvalue weighted by Gasteiger charge is -2.07. The third-order valence-electron chi connectivity index (χ3n) is 2.63. The third kappa shape index (κ3) is 3.11. The molecule has 0 atom stereocenters. The number of aromatic nitrogens is 3. The first-order valence-corrected chi connectivity index (χ1v) is 7.12. The highest BCUT2D eigenvalue weighted by Crippen LogP contribution is 2.22. The van der Waals surface area contributed by atoms with Crippen molar-refractivity contribution in [3.05, 3.63) is 41.7 Å². The first-order chi connectivity index (χ1) is 8.85. The van der Waals surface area contributed by atoms with Gasteiger partial charge in [-0.2, -0.15) is 0 Å². The molecule has 0 aliphatic rings. The standard InChI is InChI=1S/C13H18N4S/c1-2-8-17-12(9-14)15-16-13(17)18-10-11-6-4-3-5-7-11/h3-7H,2,8-10,14H2,1H3. The van der Waals surface area contributed by atoms with Crippen LogP contribution in [0.1, 0.15) is 24.7 Å². The van der Waals surface area contributed by atoms with E-state index < -0.39 is 0 Å². The summed E-state index contributed by atoms with van der Waals surface area (Å²) in [6.45, 7) is 3.52. The SMILES string of the molecule is CCCn1c(CN)nnc1SCc1ccccc1. The van der Waals surface area contributed by atoms with Gasteiger partial charge in [0.05, 0.1) is 6.54 Å². The number of hydrogen-bond acceptors (Lipinski definition) is 4. The summed E-state index contributed by atoms with van der Waals surface area (Å²) in [6.07, 6.45) is 1.06. The van der Waals surface area contributed by atoms with Crippen LogP contribution in [0.2, 0.25) is 0 Å². The van der Waals surface area contributed by atoms with E-state index in [-0.39, 0.29) is 0 Å². The zero-order valence-electron chi connectivity index (χ0n) is 10.5. The van der Waals surface area contributed by atoms with Gasteiger partial charge >= 0.3 is 0 Å². The largest absolute Gasteiger partial charge is 0.324 e. The summed E-state index contributed by atoms with van der Waals surface area (Å²) in [6, 6.07) is 10.4. The Bertz CT molecular complexity index is 481. The van der Waals surface area contributed by atoms with Crippen molar-refractivity contribution >= 4 is 11.8 Å². The average Bonchev–Trinajstić information content (AvgIpc) is 2.80. The lowest BCUT2D eigenvalue weighted by Crippen LogP contribution is -2.09. The average molecular weight is 262 g/mol. The maximum Gasteiger partial charge on any atom is 0.191 e. The highest BCUT2D eigenvalue weighted by Gasteiger charge is 2.10. The zero-order chi connectivity index (χ0) is 12.8. The predicted molar refractivity (Wildman–Crippen MR) is 74.2 cm³/mol. The zero-order valence-corrected chi connectivity index (χ0v) is 11.4. The lowest BCUT2D eigenvalue weighted by molar-refractivity contribution is 0.592. The van der Waals surface area contributed by atoms with Gasteiger partial charge < -0.3 is 10.3 Å². The molecule has 0 radical (unpaired) electrons. The molecule has 0 aliphatic heterocycles. The van der Waals surface area contributed by atoms with Crippen LogP contribution in [0.4, 0.5) is 0 Å². The molecule has 1 aromatic carbocycles. The Morgan fingerprint density at radius 3 is 2.67 bits per heavy atom. The van der Waals surface area contributed by atoms with E-state index in [2.05, 4.69) is 46.0 Å². The monoisotopic (exact) mass is 262 g/mol. The van der Waals surface area contributed by atoms with E-state index in [1.165, 1.54) is 5.56 Å². The van der Waals surface area contributed by atoms with E-state index in [9.17, 15) is 0 Å². The molecular weight excluding hydrogens is 244 g/mol. The van der Waals surface area contributed by atoms with Crippen molar-refractivity contribution in [2.45, 2.75) is 37.3 Å². The second-order valence-electron chi connectivity index (χ2n) is 4.03. The maximum atomic E-state index is 5.67. The number of rotatable bonds is 6. The molecule has 0 saturated heterocycles. The van der Waals surface area contributed by atoms with E-state index in [0.717, 1.165) is 29.7 Å². The van der Waals surface area contributed by atoms with Crippen LogP contribution >= 0.6 is 11.8 Å². The van der Waals surface area contributed by atoms with Crippen LogP contribution in [-0.4, -0.2) is 14.8 Å². The number of nitrogens with two attached hydrogens (primary N) is 1. The predicted octanol–water partition coefficient (Wildman–Crippen LogP) is 2.44. The van der Waals surface area contributed by atoms with Gasteiger partial charge in [-0.1, -0.05) is 49.0 Å². The number of nitrogens with zero attached hydrogens (tertiary/aromatic N) is 3. The maximum absolute atomic E-state index is 5.67. The molecule has 0 unspecified atom stereocenters. The van der Waals surface area contributed by atoms with Gasteiger partial charge in [0.2, 0.25) is 0 Å². The normalized spacial score (nSPS) is 10.8. The molecule has 4 nitrogen and oxygen atoms in total. The van der Waals surface area contributed by atoms with Gasteiger partial charge in [-0.3, -0.25) is 0 Å². The van der Waals surface area contributed by atoms with Crippen LogP contribution < -0.4 is 5.73 Å². The minimum Gasteiger partial charge on any atom is -0.324 e. The first-order valence-electron chi connectivity index (χ1n) is 6.14. The van der Waals surface area contributed by atoms with Crippen LogP contribution in [0.25, 0.3) is 0 Å². The Morgan fingerprint density at radius 1 is 1.22 bits per heavy atom. The van der Waals surface area contributed by atoms with Crippen LogP contribution in [0.5, 0.6) is 0 Å². The van der Waals surface area contributed by atoms with Crippen LogP contribution in [0, 0.1) is 0 Å². The quantitative estimate of drug-likeness (QED) is 0.812. The molecular formula is C13H18N4S. The van der Waals surface area contributed by atoms with Crippen LogP contribution in [0.3, 0.4) is 0 Å². The summed E-state index contributed by atoms with van der Waals surface area (Å²) >= 11 is 1.71. The van der Waals surface area contributed by atoms with Crippen molar-refractivity contribution in [2.75, 3.05) is 0 Å². The Kier molecular flexibility index (Phi) is 4.78. The highest BCUT2D eigenvalue weighted by molar-refractivity contribution is 7.98. The molecule has 96 valence electrons. The van der Waals surface area contributed by atoms with Gasteiger partial charge in [0.1, 0.15) is 5.82 Å². The Hall–Kier alpha value is -1.33. The molecule has 1 aromatic heterocycles. The van der Waals surface area contributed by atoms with Gasteiger partial charge in [0.15, 0.2) is 5.16 Å². The molecule has 0 aliphatic carbocycles. The van der Waals surface area contributed by atoms with Crippen molar-refractivity contribution < 1.29 is 0 Å². The molecule has 0 spiro atoms. The molecule has 0 fully saturated rings. The van der Waals surface area contributed by atoms with Crippen molar-refractivity contribution in [3.8, 4) is 0 Å². The molecule has 1 heterocycles. The van der Waals surface area contributed by atoms with E-state index in [0.29, 0.717) is 6.54 Å². The second kappa shape index (κ2) is 6.56. The van der Waals surface area contributed by atoms with E-state index in [1.807, 2.05) is 6.07 Å². The Morgan fingerprint density at radius 2 is 2.00 bits per heavy atom. The second-order valence-corrected chi connectivity index (χ2v) is 4.97. The number of hydrogen-bond donors (Lipinski definition) is 1. The number of benzene rings is 1. The van der Waals surface area contributed by atoms with Gasteiger partial charge in [0.25, 0.3) is 0 Å². The fraction of sp³-hybridized carbons (Fsp3) is 0.385. The minimum atomic E-state index is 0.443. The summed E-state index contributed by atoms with van der Waals surface area (Å²) in [4.78, 5) is 0. The summed E-state index contributed by atoms with van der Waals surface area (Å²) in [7, 11) is 0. The van der Waals surface area contributed by atoms with Crippen molar-refractivity contribution in [1.82, 2.24) is 14.8 Å². The van der Waals surface area contributed by atoms with E-state index in [1.54, 1.807) is 11.8 Å². The molecule has 0 saturated carbocycles. The number of thioether (sulfide) groups is 1. The summed E-state index contributed by atoms with van der Waals surface area (Å²) in [5, 5.41) is 9.31.